The SMILES string of the molecule is C=CCS(=O)(=O)C(CC)C(=NOC)C(=O)O. The zero-order chi connectivity index (χ0) is 12.8. The zero-order valence-electron chi connectivity index (χ0n) is 9.21. The Balaban J connectivity index is 5.33. The Morgan fingerprint density at radius 2 is 2.19 bits per heavy atom. The molecule has 6 nitrogen and oxygen atoms in total. The number of aliphatic carboxylic acids is 1. The average Bonchev–Trinajstić information content (AvgIpc) is 2.16. The van der Waals surface area contributed by atoms with E-state index in [1.807, 2.05) is 0 Å². The van der Waals surface area contributed by atoms with Crippen molar-refractivity contribution in [3.05, 3.63) is 12.7 Å². The number of hydrogen-bond donors (Lipinski definition) is 1. The summed E-state index contributed by atoms with van der Waals surface area (Å²) in [4.78, 5) is 15.2. The average molecular weight is 249 g/mol. The molecule has 16 heavy (non-hydrogen) atoms. The molecular formula is C9H15NO5S. The van der Waals surface area contributed by atoms with Gasteiger partial charge in [-0.25, -0.2) is 13.2 Å². The third-order valence-corrected chi connectivity index (χ3v) is 3.99. The molecule has 0 saturated heterocycles. The van der Waals surface area contributed by atoms with Crippen molar-refractivity contribution in [2.45, 2.75) is 18.6 Å². The second kappa shape index (κ2) is 6.26. The molecule has 0 saturated carbocycles. The van der Waals surface area contributed by atoms with Gasteiger partial charge in [-0.3, -0.25) is 0 Å². The third-order valence-electron chi connectivity index (χ3n) is 1.87. The number of oxime groups is 1. The van der Waals surface area contributed by atoms with Crippen LogP contribution in [0.15, 0.2) is 17.8 Å². The van der Waals surface area contributed by atoms with Gasteiger partial charge in [0.2, 0.25) is 0 Å². The number of carboxylic acid groups (broad SMARTS) is 1. The Morgan fingerprint density at radius 1 is 1.62 bits per heavy atom. The number of hydrogen-bond acceptors (Lipinski definition) is 5. The van der Waals surface area contributed by atoms with Gasteiger partial charge in [-0.1, -0.05) is 18.2 Å². The van der Waals surface area contributed by atoms with Gasteiger partial charge in [0.05, 0.1) is 5.75 Å². The fourth-order valence-corrected chi connectivity index (χ4v) is 2.78. The summed E-state index contributed by atoms with van der Waals surface area (Å²) < 4.78 is 23.4. The lowest BCUT2D eigenvalue weighted by Gasteiger charge is -2.13. The van der Waals surface area contributed by atoms with Crippen molar-refractivity contribution in [1.82, 2.24) is 0 Å². The van der Waals surface area contributed by atoms with Gasteiger partial charge in [0, 0.05) is 0 Å². The van der Waals surface area contributed by atoms with E-state index in [1.54, 1.807) is 6.92 Å². The number of rotatable bonds is 7. The van der Waals surface area contributed by atoms with Gasteiger partial charge in [-0.05, 0) is 6.42 Å². The summed E-state index contributed by atoms with van der Waals surface area (Å²) in [6.07, 6.45) is 1.33. The predicted octanol–water partition coefficient (Wildman–Crippen LogP) is 0.453. The number of nitrogens with zero attached hydrogens (tertiary/aromatic N) is 1. The van der Waals surface area contributed by atoms with Gasteiger partial charge in [0.1, 0.15) is 12.4 Å². The smallest absolute Gasteiger partial charge is 0.355 e. The first kappa shape index (κ1) is 14.6. The van der Waals surface area contributed by atoms with E-state index < -0.39 is 26.8 Å². The van der Waals surface area contributed by atoms with Crippen molar-refractivity contribution in [3.63, 3.8) is 0 Å². The van der Waals surface area contributed by atoms with Crippen LogP contribution >= 0.6 is 0 Å². The van der Waals surface area contributed by atoms with E-state index in [1.165, 1.54) is 6.08 Å². The Hall–Kier alpha value is -1.37. The van der Waals surface area contributed by atoms with Crippen molar-refractivity contribution in [3.8, 4) is 0 Å². The molecule has 0 spiro atoms. The van der Waals surface area contributed by atoms with Crippen molar-refractivity contribution in [1.29, 1.82) is 0 Å². The molecule has 0 aromatic heterocycles. The molecule has 1 atom stereocenters. The quantitative estimate of drug-likeness (QED) is 0.402. The number of carbonyl (C=O) groups is 1. The molecule has 0 aliphatic carbocycles. The molecule has 0 bridgehead atoms. The Bertz CT molecular complexity index is 385. The van der Waals surface area contributed by atoms with Crippen LogP contribution in [0.1, 0.15) is 13.3 Å². The second-order valence-corrected chi connectivity index (χ2v) is 5.21. The zero-order valence-corrected chi connectivity index (χ0v) is 10.0. The van der Waals surface area contributed by atoms with Gasteiger partial charge in [-0.2, -0.15) is 0 Å². The highest BCUT2D eigenvalue weighted by atomic mass is 32.2. The summed E-state index contributed by atoms with van der Waals surface area (Å²) in [5, 5.41) is 10.9. The molecule has 0 fully saturated rings. The standard InChI is InChI=1S/C9H15NO5S/c1-4-6-16(13,14)7(5-2)8(9(11)12)10-15-3/h4,7H,1,5-6H2,2-3H3,(H,11,12). The molecule has 0 heterocycles. The molecular weight excluding hydrogens is 234 g/mol. The summed E-state index contributed by atoms with van der Waals surface area (Å²) in [6, 6.07) is 0. The largest absolute Gasteiger partial charge is 0.477 e. The Kier molecular flexibility index (Phi) is 5.73. The summed E-state index contributed by atoms with van der Waals surface area (Å²) in [5.74, 6) is -1.69. The molecule has 0 aromatic rings. The highest BCUT2D eigenvalue weighted by molar-refractivity contribution is 7.93. The van der Waals surface area contributed by atoms with Gasteiger partial charge < -0.3 is 9.94 Å². The van der Waals surface area contributed by atoms with Crippen molar-refractivity contribution in [2.24, 2.45) is 5.16 Å². The monoisotopic (exact) mass is 249 g/mol. The number of sulfone groups is 1. The second-order valence-electron chi connectivity index (χ2n) is 2.98. The van der Waals surface area contributed by atoms with E-state index in [4.69, 9.17) is 5.11 Å². The molecule has 1 unspecified atom stereocenters. The summed E-state index contributed by atoms with van der Waals surface area (Å²) in [6.45, 7) is 4.88. The molecule has 1 N–H and O–H groups in total. The van der Waals surface area contributed by atoms with Crippen LogP contribution in [-0.4, -0.2) is 43.3 Å². The molecule has 7 heteroatoms. The molecule has 0 aliphatic rings. The van der Waals surface area contributed by atoms with Crippen molar-refractivity contribution < 1.29 is 23.2 Å². The molecule has 92 valence electrons. The van der Waals surface area contributed by atoms with E-state index in [-0.39, 0.29) is 12.2 Å². The van der Waals surface area contributed by atoms with Crippen LogP contribution in [0.5, 0.6) is 0 Å². The molecule has 0 aliphatic heterocycles. The minimum atomic E-state index is -3.60. The molecule has 0 aromatic carbocycles. The topological polar surface area (TPSA) is 93.0 Å². The third kappa shape index (κ3) is 3.65. The summed E-state index contributed by atoms with van der Waals surface area (Å²) in [5.41, 5.74) is -0.508. The van der Waals surface area contributed by atoms with Gasteiger partial charge in [0.15, 0.2) is 15.5 Å². The van der Waals surface area contributed by atoms with Crippen molar-refractivity contribution >= 4 is 21.5 Å². The Morgan fingerprint density at radius 3 is 2.50 bits per heavy atom. The minimum Gasteiger partial charge on any atom is -0.477 e. The number of carboxylic acids is 1. The van der Waals surface area contributed by atoms with Crippen LogP contribution in [0.4, 0.5) is 0 Å². The van der Waals surface area contributed by atoms with Crippen LogP contribution in [0.3, 0.4) is 0 Å². The normalized spacial score (nSPS) is 14.2. The van der Waals surface area contributed by atoms with Crippen LogP contribution in [0.2, 0.25) is 0 Å². The highest BCUT2D eigenvalue weighted by Gasteiger charge is 2.32. The first-order valence-electron chi connectivity index (χ1n) is 4.57. The van der Waals surface area contributed by atoms with E-state index >= 15 is 0 Å². The van der Waals surface area contributed by atoms with Gasteiger partial charge >= 0.3 is 5.97 Å². The lowest BCUT2D eigenvalue weighted by Crippen LogP contribution is -2.36. The molecule has 0 amide bonds. The molecule has 0 rings (SSSR count). The minimum absolute atomic E-state index is 0.116. The lowest BCUT2D eigenvalue weighted by molar-refractivity contribution is -0.129. The van der Waals surface area contributed by atoms with Crippen LogP contribution in [0, 0.1) is 0 Å². The van der Waals surface area contributed by atoms with E-state index in [0.29, 0.717) is 0 Å². The maximum absolute atomic E-state index is 11.7. The fraction of sp³-hybridized carbons (Fsp3) is 0.556. The highest BCUT2D eigenvalue weighted by Crippen LogP contribution is 2.11. The summed E-state index contributed by atoms with van der Waals surface area (Å²) in [7, 11) is -2.44. The van der Waals surface area contributed by atoms with Crippen molar-refractivity contribution in [2.75, 3.05) is 12.9 Å². The summed E-state index contributed by atoms with van der Waals surface area (Å²) >= 11 is 0. The van der Waals surface area contributed by atoms with Gasteiger partial charge in [0.25, 0.3) is 0 Å². The maximum Gasteiger partial charge on any atom is 0.355 e. The van der Waals surface area contributed by atoms with Gasteiger partial charge in [-0.15, -0.1) is 6.58 Å². The Labute approximate surface area is 94.5 Å². The van der Waals surface area contributed by atoms with E-state index in [2.05, 4.69) is 16.6 Å². The van der Waals surface area contributed by atoms with E-state index in [0.717, 1.165) is 7.11 Å². The van der Waals surface area contributed by atoms with Crippen LogP contribution in [0.25, 0.3) is 0 Å². The first-order chi connectivity index (χ1) is 7.40. The first-order valence-corrected chi connectivity index (χ1v) is 6.29. The molecule has 0 radical (unpaired) electrons. The van der Waals surface area contributed by atoms with Crippen LogP contribution < -0.4 is 0 Å². The predicted molar refractivity (Wildman–Crippen MR) is 60.1 cm³/mol. The van der Waals surface area contributed by atoms with Crippen LogP contribution in [-0.2, 0) is 19.5 Å². The fourth-order valence-electron chi connectivity index (χ4n) is 1.23. The lowest BCUT2D eigenvalue weighted by atomic mass is 10.2. The maximum atomic E-state index is 11.7. The van der Waals surface area contributed by atoms with E-state index in [9.17, 15) is 13.2 Å².